The van der Waals surface area contributed by atoms with Gasteiger partial charge in [-0.1, -0.05) is 19.9 Å². The molecule has 0 atom stereocenters. The Bertz CT molecular complexity index is 555. The van der Waals surface area contributed by atoms with Crippen LogP contribution in [0.3, 0.4) is 0 Å². The summed E-state index contributed by atoms with van der Waals surface area (Å²) in [5.41, 5.74) is 0.645. The second kappa shape index (κ2) is 7.76. The second-order valence-electron chi connectivity index (χ2n) is 4.35. The van der Waals surface area contributed by atoms with Gasteiger partial charge in [0.05, 0.1) is 5.56 Å². The zero-order chi connectivity index (χ0) is 14.4. The molecule has 5 heteroatoms. The summed E-state index contributed by atoms with van der Waals surface area (Å²) in [5.74, 6) is 0.734. The van der Waals surface area contributed by atoms with E-state index in [4.69, 9.17) is 0 Å². The van der Waals surface area contributed by atoms with Crippen molar-refractivity contribution in [2.24, 2.45) is 0 Å². The molecule has 0 spiro atoms. The quantitative estimate of drug-likeness (QED) is 0.599. The highest BCUT2D eigenvalue weighted by Gasteiger charge is 2.14. The van der Waals surface area contributed by atoms with Crippen molar-refractivity contribution in [2.45, 2.75) is 31.7 Å². The first-order chi connectivity index (χ1) is 9.76. The molecule has 0 saturated carbocycles. The lowest BCUT2D eigenvalue weighted by molar-refractivity contribution is 0.628. The van der Waals surface area contributed by atoms with Gasteiger partial charge in [0.1, 0.15) is 10.8 Å². The van der Waals surface area contributed by atoms with Gasteiger partial charge in [0, 0.05) is 22.5 Å². The van der Waals surface area contributed by atoms with Crippen molar-refractivity contribution in [3.05, 3.63) is 35.1 Å². The minimum Gasteiger partial charge on any atom is -0.312 e. The summed E-state index contributed by atoms with van der Waals surface area (Å²) in [6.45, 7) is 6.00. The van der Waals surface area contributed by atoms with Crippen LogP contribution in [0.2, 0.25) is 0 Å². The summed E-state index contributed by atoms with van der Waals surface area (Å²) in [6, 6.07) is 5.22. The highest BCUT2D eigenvalue weighted by molar-refractivity contribution is 7.99. The topological polar surface area (TPSA) is 24.9 Å². The molecule has 0 aliphatic heterocycles. The van der Waals surface area contributed by atoms with Gasteiger partial charge in [-0.3, -0.25) is 0 Å². The van der Waals surface area contributed by atoms with Crippen LogP contribution in [0.15, 0.2) is 29.3 Å². The molecule has 1 heterocycles. The molecule has 2 nitrogen and oxygen atoms in total. The van der Waals surface area contributed by atoms with E-state index < -0.39 is 0 Å². The number of nitrogens with one attached hydrogen (secondary N) is 1. The molecule has 20 heavy (non-hydrogen) atoms. The largest absolute Gasteiger partial charge is 0.312 e. The van der Waals surface area contributed by atoms with E-state index in [2.05, 4.69) is 24.1 Å². The summed E-state index contributed by atoms with van der Waals surface area (Å²) in [7, 11) is 0. The first kappa shape index (κ1) is 15.5. The van der Waals surface area contributed by atoms with Gasteiger partial charge in [0.2, 0.25) is 0 Å². The van der Waals surface area contributed by atoms with E-state index in [0.29, 0.717) is 5.56 Å². The molecule has 0 aliphatic rings. The zero-order valence-electron chi connectivity index (χ0n) is 11.8. The molecule has 1 aromatic carbocycles. The number of rotatable bonds is 7. The predicted molar refractivity (Wildman–Crippen MR) is 85.9 cm³/mol. The molecule has 0 saturated heterocycles. The van der Waals surface area contributed by atoms with Gasteiger partial charge in [-0.15, -0.1) is 23.1 Å². The molecule has 0 radical (unpaired) electrons. The molecule has 2 rings (SSSR count). The molecule has 0 amide bonds. The Hall–Kier alpha value is -0.910. The Labute approximate surface area is 127 Å². The Morgan fingerprint density at radius 3 is 2.95 bits per heavy atom. The second-order valence-corrected chi connectivity index (χ2v) is 6.78. The lowest BCUT2D eigenvalue weighted by Crippen LogP contribution is -2.12. The minimum atomic E-state index is -0.189. The molecule has 0 unspecified atom stereocenters. The molecule has 2 aromatic rings. The van der Waals surface area contributed by atoms with Crippen molar-refractivity contribution in [1.29, 1.82) is 0 Å². The van der Waals surface area contributed by atoms with E-state index in [1.165, 1.54) is 6.07 Å². The highest BCUT2D eigenvalue weighted by atomic mass is 32.2. The third-order valence-electron chi connectivity index (χ3n) is 2.77. The maximum Gasteiger partial charge on any atom is 0.134 e. The monoisotopic (exact) mass is 310 g/mol. The zero-order valence-corrected chi connectivity index (χ0v) is 13.4. The van der Waals surface area contributed by atoms with Crippen molar-refractivity contribution < 1.29 is 4.39 Å². The van der Waals surface area contributed by atoms with Crippen molar-refractivity contribution in [3.8, 4) is 10.6 Å². The fourth-order valence-corrected chi connectivity index (χ4v) is 3.71. The molecular formula is C15H19FN2S2. The molecule has 108 valence electrons. The third kappa shape index (κ3) is 3.81. The number of nitrogens with zero attached hydrogens (tertiary/aromatic N) is 1. The van der Waals surface area contributed by atoms with Gasteiger partial charge in [-0.05, 0) is 30.9 Å². The Morgan fingerprint density at radius 1 is 1.35 bits per heavy atom. The van der Waals surface area contributed by atoms with Crippen molar-refractivity contribution in [1.82, 2.24) is 10.3 Å². The van der Waals surface area contributed by atoms with E-state index in [0.717, 1.165) is 40.0 Å². The van der Waals surface area contributed by atoms with Crippen molar-refractivity contribution >= 4 is 23.1 Å². The molecule has 0 bridgehead atoms. The lowest BCUT2D eigenvalue weighted by atomic mass is 10.2. The number of hydrogen-bond acceptors (Lipinski definition) is 4. The molecule has 0 aliphatic carbocycles. The average Bonchev–Trinajstić information content (AvgIpc) is 2.88. The summed E-state index contributed by atoms with van der Waals surface area (Å²) in [6.07, 6.45) is 2.95. The fourth-order valence-electron chi connectivity index (χ4n) is 1.88. The van der Waals surface area contributed by atoms with Crippen LogP contribution in [0, 0.1) is 5.82 Å². The summed E-state index contributed by atoms with van der Waals surface area (Å²) >= 11 is 3.22. The number of benzene rings is 1. The first-order valence-electron chi connectivity index (χ1n) is 6.83. The van der Waals surface area contributed by atoms with E-state index in [1.807, 2.05) is 12.3 Å². The number of halogens is 1. The smallest absolute Gasteiger partial charge is 0.134 e. The van der Waals surface area contributed by atoms with Gasteiger partial charge >= 0.3 is 0 Å². The van der Waals surface area contributed by atoms with Crippen molar-refractivity contribution in [2.75, 3.05) is 12.3 Å². The van der Waals surface area contributed by atoms with Gasteiger partial charge in [0.15, 0.2) is 0 Å². The van der Waals surface area contributed by atoms with Gasteiger partial charge in [-0.25, -0.2) is 9.37 Å². The number of aromatic nitrogens is 1. The van der Waals surface area contributed by atoms with Crippen LogP contribution in [-0.4, -0.2) is 17.3 Å². The van der Waals surface area contributed by atoms with Gasteiger partial charge in [-0.2, -0.15) is 0 Å². The van der Waals surface area contributed by atoms with E-state index in [9.17, 15) is 4.39 Å². The predicted octanol–water partition coefficient (Wildman–Crippen LogP) is 4.56. The lowest BCUT2D eigenvalue weighted by Gasteiger charge is -2.06. The first-order valence-corrected chi connectivity index (χ1v) is 8.63. The SMILES string of the molecule is CCCNCc1cnc(-c2c(F)cccc2SCC)s1. The molecule has 0 fully saturated rings. The van der Waals surface area contributed by atoms with Crippen LogP contribution in [-0.2, 0) is 6.54 Å². The highest BCUT2D eigenvalue weighted by Crippen LogP contribution is 2.35. The third-order valence-corrected chi connectivity index (χ3v) is 4.72. The normalized spacial score (nSPS) is 10.9. The molecule has 1 N–H and O–H groups in total. The molecule has 1 aromatic heterocycles. The van der Waals surface area contributed by atoms with Crippen LogP contribution in [0.1, 0.15) is 25.1 Å². The van der Waals surface area contributed by atoms with Gasteiger partial charge in [0.25, 0.3) is 0 Å². The van der Waals surface area contributed by atoms with E-state index >= 15 is 0 Å². The Morgan fingerprint density at radius 2 is 2.20 bits per heavy atom. The Balaban J connectivity index is 2.23. The van der Waals surface area contributed by atoms with Gasteiger partial charge < -0.3 is 5.32 Å². The van der Waals surface area contributed by atoms with Crippen LogP contribution < -0.4 is 5.32 Å². The average molecular weight is 310 g/mol. The molecular weight excluding hydrogens is 291 g/mol. The Kier molecular flexibility index (Phi) is 6.01. The van der Waals surface area contributed by atoms with Crippen LogP contribution in [0.25, 0.3) is 10.6 Å². The fraction of sp³-hybridized carbons (Fsp3) is 0.400. The van der Waals surface area contributed by atoms with Crippen LogP contribution in [0.4, 0.5) is 4.39 Å². The summed E-state index contributed by atoms with van der Waals surface area (Å²) in [4.78, 5) is 6.50. The maximum atomic E-state index is 14.1. The van der Waals surface area contributed by atoms with Crippen LogP contribution >= 0.6 is 23.1 Å². The summed E-state index contributed by atoms with van der Waals surface area (Å²) < 4.78 is 14.1. The van der Waals surface area contributed by atoms with E-state index in [-0.39, 0.29) is 5.82 Å². The number of hydrogen-bond donors (Lipinski definition) is 1. The maximum absolute atomic E-state index is 14.1. The minimum absolute atomic E-state index is 0.189. The standard InChI is InChI=1S/C15H19FN2S2/c1-3-8-17-9-11-10-18-15(20-11)14-12(16)6-5-7-13(14)19-4-2/h5-7,10,17H,3-4,8-9H2,1-2H3. The van der Waals surface area contributed by atoms with Crippen molar-refractivity contribution in [3.63, 3.8) is 0 Å². The summed E-state index contributed by atoms with van der Waals surface area (Å²) in [5, 5.41) is 4.11. The number of thioether (sulfide) groups is 1. The van der Waals surface area contributed by atoms with Crippen LogP contribution in [0.5, 0.6) is 0 Å². The van der Waals surface area contributed by atoms with E-state index in [1.54, 1.807) is 29.2 Å². The number of thiazole rings is 1.